The number of unbranched alkanes of at least 4 members (excludes halogenated alkanes) is 2. The predicted octanol–water partition coefficient (Wildman–Crippen LogP) is -3.13. The van der Waals surface area contributed by atoms with Crippen LogP contribution in [0.5, 0.6) is 0 Å². The summed E-state index contributed by atoms with van der Waals surface area (Å²) in [5.41, 5.74) is 17.5. The summed E-state index contributed by atoms with van der Waals surface area (Å²) < 4.78 is 0. The number of nitrogens with two attached hydrogens (primary N) is 3. The third-order valence-electron chi connectivity index (χ3n) is 13.1. The van der Waals surface area contributed by atoms with Crippen molar-refractivity contribution in [1.82, 2.24) is 53.2 Å². The van der Waals surface area contributed by atoms with Gasteiger partial charge in [0.15, 0.2) is 0 Å². The average Bonchev–Trinajstić information content (AvgIpc) is 3.23. The highest BCUT2D eigenvalue weighted by Crippen LogP contribution is 2.13. The van der Waals surface area contributed by atoms with Gasteiger partial charge < -0.3 is 90.8 Å². The first kappa shape index (κ1) is 76.2. The Hall–Kier alpha value is -7.83. The number of carboxylic acid groups (broad SMARTS) is 3. The van der Waals surface area contributed by atoms with E-state index >= 15 is 0 Å². The molecule has 0 aliphatic carbocycles. The SMILES string of the molecule is CC(C)C[C@H](NC(=O)[C@H](C)NC(=O)[C@H](CCCCN)NC(=O)[C@H](CC(C)C)NC(=O)[C@H](CCC(=O)O)NC(=O)CNC(=O)[C@H](CC(=O)O)NC(=O)[C@H](CC(C)C)NC(=O)[C@@H](N)CO)C(=O)N[C@@H](Cc1ccccc1)C(=O)N[C@@H](CCCCN)C(=O)O. The second-order valence-electron chi connectivity index (χ2n) is 22.3. The van der Waals surface area contributed by atoms with Gasteiger partial charge in [-0.1, -0.05) is 71.9 Å². The van der Waals surface area contributed by atoms with E-state index in [9.17, 15) is 82.8 Å². The van der Waals surface area contributed by atoms with Gasteiger partial charge in [0.2, 0.25) is 59.1 Å². The van der Waals surface area contributed by atoms with Gasteiger partial charge in [-0.2, -0.15) is 0 Å². The van der Waals surface area contributed by atoms with E-state index in [-0.39, 0.29) is 62.8 Å². The van der Waals surface area contributed by atoms with Crippen LogP contribution < -0.4 is 70.4 Å². The zero-order valence-corrected chi connectivity index (χ0v) is 50.2. The van der Waals surface area contributed by atoms with Crippen molar-refractivity contribution < 1.29 is 82.8 Å². The van der Waals surface area contributed by atoms with Crippen LogP contribution in [0.3, 0.4) is 0 Å². The Morgan fingerprint density at radius 2 is 0.849 bits per heavy atom. The average molecular weight is 1220 g/mol. The highest BCUT2D eigenvalue weighted by molar-refractivity contribution is 5.99. The highest BCUT2D eigenvalue weighted by atomic mass is 16.4. The molecule has 1 rings (SSSR count). The number of rotatable bonds is 43. The molecule has 0 aromatic heterocycles. The summed E-state index contributed by atoms with van der Waals surface area (Å²) in [6.07, 6.45) is -0.501. The number of carbonyl (C=O) groups is 13. The van der Waals surface area contributed by atoms with Gasteiger partial charge in [-0.05, 0) is 108 Å². The minimum atomic E-state index is -1.80. The molecule has 30 nitrogen and oxygen atoms in total. The van der Waals surface area contributed by atoms with E-state index in [1.54, 1.807) is 71.9 Å². The fourth-order valence-electron chi connectivity index (χ4n) is 8.54. The van der Waals surface area contributed by atoms with Crippen LogP contribution in [0.2, 0.25) is 0 Å². The fraction of sp³-hybridized carbons (Fsp3) is 0.661. The summed E-state index contributed by atoms with van der Waals surface area (Å²) in [5, 5.41) is 62.7. The first-order chi connectivity index (χ1) is 40.4. The highest BCUT2D eigenvalue weighted by Gasteiger charge is 2.35. The summed E-state index contributed by atoms with van der Waals surface area (Å²) in [6.45, 7) is 10.6. The maximum atomic E-state index is 14.1. The molecule has 0 saturated heterocycles. The van der Waals surface area contributed by atoms with E-state index in [0.717, 1.165) is 0 Å². The number of amides is 10. The molecule has 10 amide bonds. The Balaban J connectivity index is 3.36. The van der Waals surface area contributed by atoms with Crippen molar-refractivity contribution in [2.24, 2.45) is 35.0 Å². The van der Waals surface area contributed by atoms with Gasteiger partial charge >= 0.3 is 17.9 Å². The molecule has 0 radical (unpaired) electrons. The minimum Gasteiger partial charge on any atom is -0.481 e. The number of hydrogen-bond donors (Lipinski definition) is 17. The molecule has 86 heavy (non-hydrogen) atoms. The molecule has 0 aliphatic heterocycles. The van der Waals surface area contributed by atoms with Crippen molar-refractivity contribution in [3.8, 4) is 0 Å². The van der Waals surface area contributed by atoms with Crippen LogP contribution in [0, 0.1) is 17.8 Å². The van der Waals surface area contributed by atoms with Crippen molar-refractivity contribution in [2.45, 2.75) is 192 Å². The number of benzene rings is 1. The Kier molecular flexibility index (Phi) is 35.9. The molecule has 1 aromatic rings. The first-order valence-electron chi connectivity index (χ1n) is 28.9. The third-order valence-corrected chi connectivity index (χ3v) is 13.1. The molecule has 1 aromatic carbocycles. The van der Waals surface area contributed by atoms with Gasteiger partial charge in [0, 0.05) is 12.8 Å². The molecular formula is C56H93N13O17. The lowest BCUT2D eigenvalue weighted by Crippen LogP contribution is -2.60. The topological polar surface area (TPSA) is 501 Å². The lowest BCUT2D eigenvalue weighted by atomic mass is 10.00. The van der Waals surface area contributed by atoms with E-state index in [1.807, 2.05) is 0 Å². The predicted molar refractivity (Wildman–Crippen MR) is 312 cm³/mol. The normalized spacial score (nSPS) is 14.7. The fourth-order valence-corrected chi connectivity index (χ4v) is 8.54. The first-order valence-corrected chi connectivity index (χ1v) is 28.9. The van der Waals surface area contributed by atoms with Crippen LogP contribution in [0.25, 0.3) is 0 Å². The van der Waals surface area contributed by atoms with Crippen LogP contribution in [0.1, 0.15) is 131 Å². The molecule has 20 N–H and O–H groups in total. The van der Waals surface area contributed by atoms with Gasteiger partial charge in [0.1, 0.15) is 60.4 Å². The number of carbonyl (C=O) groups excluding carboxylic acids is 10. The lowest BCUT2D eigenvalue weighted by molar-refractivity contribution is -0.142. The second kappa shape index (κ2) is 40.5. The van der Waals surface area contributed by atoms with Gasteiger partial charge in [0.05, 0.1) is 19.6 Å². The summed E-state index contributed by atoms with van der Waals surface area (Å²) in [5.74, 6) is -14.2. The van der Waals surface area contributed by atoms with Crippen molar-refractivity contribution in [2.75, 3.05) is 26.2 Å². The van der Waals surface area contributed by atoms with Gasteiger partial charge in [-0.15, -0.1) is 0 Å². The van der Waals surface area contributed by atoms with Crippen molar-refractivity contribution in [3.05, 3.63) is 35.9 Å². The summed E-state index contributed by atoms with van der Waals surface area (Å²) in [4.78, 5) is 172. The van der Waals surface area contributed by atoms with Gasteiger partial charge in [0.25, 0.3) is 0 Å². The third kappa shape index (κ3) is 30.8. The maximum Gasteiger partial charge on any atom is 0.326 e. The van der Waals surface area contributed by atoms with Crippen LogP contribution in [-0.4, -0.2) is 184 Å². The van der Waals surface area contributed by atoms with Crippen LogP contribution in [0.15, 0.2) is 30.3 Å². The Morgan fingerprint density at radius 1 is 0.442 bits per heavy atom. The molecule has 484 valence electrons. The summed E-state index contributed by atoms with van der Waals surface area (Å²) in [6, 6.07) is -5.47. The molecule has 30 heteroatoms. The van der Waals surface area contributed by atoms with Crippen LogP contribution >= 0.6 is 0 Å². The Bertz CT molecular complexity index is 2410. The van der Waals surface area contributed by atoms with Crippen LogP contribution in [0.4, 0.5) is 0 Å². The molecule has 0 saturated carbocycles. The van der Waals surface area contributed by atoms with Crippen molar-refractivity contribution in [1.29, 1.82) is 0 Å². The number of aliphatic hydroxyl groups is 1. The molecule has 0 spiro atoms. The molecule has 10 atom stereocenters. The number of carboxylic acids is 3. The largest absolute Gasteiger partial charge is 0.481 e. The van der Waals surface area contributed by atoms with E-state index in [1.165, 1.54) is 6.92 Å². The number of aliphatic hydroxyl groups excluding tert-OH is 1. The zero-order chi connectivity index (χ0) is 65.2. The quantitative estimate of drug-likeness (QED) is 0.0288. The van der Waals surface area contributed by atoms with Gasteiger partial charge in [-0.3, -0.25) is 57.5 Å². The van der Waals surface area contributed by atoms with E-state index < -0.39 is 170 Å². The smallest absolute Gasteiger partial charge is 0.326 e. The number of aliphatic carboxylic acids is 3. The second-order valence-corrected chi connectivity index (χ2v) is 22.3. The summed E-state index contributed by atoms with van der Waals surface area (Å²) in [7, 11) is 0. The van der Waals surface area contributed by atoms with Crippen molar-refractivity contribution in [3.63, 3.8) is 0 Å². The molecule has 0 heterocycles. The number of hydrogen-bond acceptors (Lipinski definition) is 17. The summed E-state index contributed by atoms with van der Waals surface area (Å²) >= 11 is 0. The standard InChI is InChI=1S/C56H93N13O17/c1-30(2)23-39(53(82)68-42(26-34-15-9-8-10-16-34)55(84)64-38(56(85)86)18-12-14-22-58)65-47(76)33(7)61-50(79)36(17-11-13-21-57)63-52(81)41(25-32(5)6)67-51(80)37(19-20-45(72)73)62-44(71)28-60-49(78)43(27-46(74)75)69-54(83)40(24-31(3)4)66-48(77)35(59)29-70/h8-10,15-16,30-33,35-43,70H,11-14,17-29,57-59H2,1-7H3,(H,60,78)(H,61,79)(H,62,71)(H,63,81)(H,64,84)(H,65,76)(H,66,77)(H,67,80)(H,68,82)(H,69,83)(H,72,73)(H,74,75)(H,85,86)/t33-,35-,36-,37-,38-,39-,40-,41-,42-,43-/m0/s1. The molecule has 0 fully saturated rings. The van der Waals surface area contributed by atoms with E-state index in [4.69, 9.17) is 17.2 Å². The van der Waals surface area contributed by atoms with E-state index in [2.05, 4.69) is 53.2 Å². The monoisotopic (exact) mass is 1220 g/mol. The van der Waals surface area contributed by atoms with Gasteiger partial charge in [-0.25, -0.2) is 4.79 Å². The minimum absolute atomic E-state index is 0.00928. The van der Waals surface area contributed by atoms with E-state index in [0.29, 0.717) is 37.8 Å². The molecular weight excluding hydrogens is 1130 g/mol. The van der Waals surface area contributed by atoms with Crippen LogP contribution in [-0.2, 0) is 68.7 Å². The molecule has 0 unspecified atom stereocenters. The maximum absolute atomic E-state index is 14.1. The Morgan fingerprint density at radius 3 is 1.31 bits per heavy atom. The zero-order valence-electron chi connectivity index (χ0n) is 50.2. The molecule has 0 aliphatic rings. The lowest BCUT2D eigenvalue weighted by Gasteiger charge is -2.28. The van der Waals surface area contributed by atoms with Crippen molar-refractivity contribution >= 4 is 77.0 Å². The molecule has 0 bridgehead atoms. The number of nitrogens with one attached hydrogen (secondary N) is 10. The Labute approximate surface area is 500 Å².